The minimum Gasteiger partial charge on any atom is -0.507 e. The normalized spacial score (nSPS) is 21.2. The summed E-state index contributed by atoms with van der Waals surface area (Å²) in [5.41, 5.74) is -0.0471. The highest BCUT2D eigenvalue weighted by molar-refractivity contribution is 6.03. The Labute approximate surface area is 152 Å². The maximum atomic E-state index is 12.3. The van der Waals surface area contributed by atoms with E-state index < -0.39 is 5.60 Å². The molecule has 2 fully saturated rings. The van der Waals surface area contributed by atoms with Gasteiger partial charge in [0.1, 0.15) is 17.1 Å². The standard InChI is InChI=1S/C20H23NO5/c1-13(22)17-18(23)15-4-2-3-5-16(15)26-20(17)8-10-21(11-9-20)19(24)25-12-14-6-7-14/h2-5,14,23H,6-12H2,1H3. The number of carbonyl (C=O) groups excluding carboxylic acids is 2. The molecule has 0 atom stereocenters. The lowest BCUT2D eigenvalue weighted by molar-refractivity contribution is -0.116. The van der Waals surface area contributed by atoms with Gasteiger partial charge in [-0.3, -0.25) is 4.79 Å². The third kappa shape index (κ3) is 2.93. The molecule has 6 heteroatoms. The molecule has 4 rings (SSSR count). The predicted molar refractivity (Wildman–Crippen MR) is 94.9 cm³/mol. The summed E-state index contributed by atoms with van der Waals surface area (Å²) >= 11 is 0. The van der Waals surface area contributed by atoms with Crippen LogP contribution in [0.5, 0.6) is 5.75 Å². The van der Waals surface area contributed by atoms with Crippen LogP contribution in [0, 0.1) is 5.92 Å². The molecule has 1 N–H and O–H groups in total. The second-order valence-corrected chi connectivity index (χ2v) is 7.38. The molecule has 1 amide bonds. The van der Waals surface area contributed by atoms with Gasteiger partial charge in [-0.2, -0.15) is 0 Å². The van der Waals surface area contributed by atoms with Crippen molar-refractivity contribution in [1.82, 2.24) is 4.90 Å². The first-order valence-corrected chi connectivity index (χ1v) is 9.15. The van der Waals surface area contributed by atoms with Crippen LogP contribution in [0.2, 0.25) is 0 Å². The number of hydrogen-bond acceptors (Lipinski definition) is 5. The van der Waals surface area contributed by atoms with Gasteiger partial charge in [-0.15, -0.1) is 0 Å². The summed E-state index contributed by atoms with van der Waals surface area (Å²) in [6.07, 6.45) is 2.85. The highest BCUT2D eigenvalue weighted by atomic mass is 16.6. The summed E-state index contributed by atoms with van der Waals surface area (Å²) in [6.45, 7) is 2.79. The molecule has 0 radical (unpaired) electrons. The molecule has 2 aliphatic heterocycles. The Kier molecular flexibility index (Phi) is 4.13. The lowest BCUT2D eigenvalue weighted by Gasteiger charge is -2.44. The van der Waals surface area contributed by atoms with Crippen molar-refractivity contribution in [2.24, 2.45) is 5.92 Å². The fourth-order valence-electron chi connectivity index (χ4n) is 3.82. The van der Waals surface area contributed by atoms with E-state index in [-0.39, 0.29) is 17.6 Å². The molecule has 1 saturated heterocycles. The smallest absolute Gasteiger partial charge is 0.409 e. The van der Waals surface area contributed by atoms with Gasteiger partial charge in [-0.1, -0.05) is 12.1 Å². The van der Waals surface area contributed by atoms with E-state index in [2.05, 4.69) is 0 Å². The number of hydrogen-bond donors (Lipinski definition) is 1. The fraction of sp³-hybridized carbons (Fsp3) is 0.500. The molecule has 0 bridgehead atoms. The first-order chi connectivity index (χ1) is 12.5. The average Bonchev–Trinajstić information content (AvgIpc) is 3.44. The number of aliphatic hydroxyl groups is 1. The number of fused-ring (bicyclic) bond motifs is 1. The van der Waals surface area contributed by atoms with Crippen LogP contribution in [0.4, 0.5) is 4.79 Å². The first-order valence-electron chi connectivity index (χ1n) is 9.15. The maximum Gasteiger partial charge on any atom is 0.409 e. The lowest BCUT2D eigenvalue weighted by atomic mass is 9.78. The van der Waals surface area contributed by atoms with E-state index in [1.54, 1.807) is 23.1 Å². The van der Waals surface area contributed by atoms with Gasteiger partial charge in [0.25, 0.3) is 0 Å². The average molecular weight is 357 g/mol. The predicted octanol–water partition coefficient (Wildman–Crippen LogP) is 3.32. The van der Waals surface area contributed by atoms with Crippen molar-refractivity contribution in [1.29, 1.82) is 0 Å². The third-order valence-corrected chi connectivity index (χ3v) is 5.46. The Balaban J connectivity index is 1.54. The number of ether oxygens (including phenoxy) is 2. The Morgan fingerprint density at radius 1 is 1.27 bits per heavy atom. The van der Waals surface area contributed by atoms with Crippen molar-refractivity contribution in [2.45, 2.75) is 38.2 Å². The van der Waals surface area contributed by atoms with Crippen LogP contribution >= 0.6 is 0 Å². The van der Waals surface area contributed by atoms with Crippen LogP contribution in [0.15, 0.2) is 29.8 Å². The Morgan fingerprint density at radius 2 is 1.96 bits per heavy atom. The molecular weight excluding hydrogens is 334 g/mol. The summed E-state index contributed by atoms with van der Waals surface area (Å²) in [4.78, 5) is 26.2. The molecule has 1 saturated carbocycles. The van der Waals surface area contributed by atoms with E-state index in [0.29, 0.717) is 55.3 Å². The second-order valence-electron chi connectivity index (χ2n) is 7.38. The number of ketones is 1. The van der Waals surface area contributed by atoms with Crippen molar-refractivity contribution in [3.63, 3.8) is 0 Å². The summed E-state index contributed by atoms with van der Waals surface area (Å²) in [5.74, 6) is 0.878. The molecule has 0 aromatic heterocycles. The highest BCUT2D eigenvalue weighted by Crippen LogP contribution is 2.45. The van der Waals surface area contributed by atoms with Gasteiger partial charge in [-0.05, 0) is 37.8 Å². The quantitative estimate of drug-likeness (QED) is 0.898. The number of Topliss-reactive ketones (excluding diaryl/α,β-unsaturated/α-hetero) is 1. The van der Waals surface area contributed by atoms with E-state index >= 15 is 0 Å². The fourth-order valence-corrected chi connectivity index (χ4v) is 3.82. The monoisotopic (exact) mass is 357 g/mol. The third-order valence-electron chi connectivity index (χ3n) is 5.46. The van der Waals surface area contributed by atoms with E-state index in [0.717, 1.165) is 12.8 Å². The molecule has 1 spiro atoms. The Bertz CT molecular complexity index is 772. The van der Waals surface area contributed by atoms with Crippen LogP contribution in [-0.4, -0.2) is 47.2 Å². The van der Waals surface area contributed by atoms with Gasteiger partial charge in [0, 0.05) is 25.9 Å². The maximum absolute atomic E-state index is 12.3. The second kappa shape index (κ2) is 6.34. The number of benzene rings is 1. The zero-order valence-corrected chi connectivity index (χ0v) is 14.9. The van der Waals surface area contributed by atoms with Crippen LogP contribution in [0.1, 0.15) is 38.2 Å². The van der Waals surface area contributed by atoms with Crippen molar-refractivity contribution in [2.75, 3.05) is 19.7 Å². The number of piperidine rings is 1. The summed E-state index contributed by atoms with van der Waals surface area (Å²) in [7, 11) is 0. The van der Waals surface area contributed by atoms with Crippen LogP contribution < -0.4 is 4.74 Å². The first kappa shape index (κ1) is 16.9. The molecule has 6 nitrogen and oxygen atoms in total. The molecule has 1 aliphatic carbocycles. The SMILES string of the molecule is CC(=O)C1=C(O)c2ccccc2OC12CCN(C(=O)OCC1CC1)CC2. The molecule has 2 heterocycles. The lowest BCUT2D eigenvalue weighted by Crippen LogP contribution is -2.53. The van der Waals surface area contributed by atoms with Gasteiger partial charge >= 0.3 is 6.09 Å². The molecule has 138 valence electrons. The Hall–Kier alpha value is -2.50. The topological polar surface area (TPSA) is 76.1 Å². The summed E-state index contributed by atoms with van der Waals surface area (Å²) in [6, 6.07) is 7.17. The van der Waals surface area contributed by atoms with Crippen molar-refractivity contribution < 1.29 is 24.2 Å². The number of nitrogens with zero attached hydrogens (tertiary/aromatic N) is 1. The van der Waals surface area contributed by atoms with E-state index in [9.17, 15) is 14.7 Å². The van der Waals surface area contributed by atoms with Crippen LogP contribution in [0.25, 0.3) is 5.76 Å². The van der Waals surface area contributed by atoms with E-state index in [4.69, 9.17) is 9.47 Å². The number of aliphatic hydroxyl groups excluding tert-OH is 1. The number of amides is 1. The summed E-state index contributed by atoms with van der Waals surface area (Å²) in [5, 5.41) is 10.7. The number of likely N-dealkylation sites (tertiary alicyclic amines) is 1. The van der Waals surface area contributed by atoms with Crippen molar-refractivity contribution in [3.8, 4) is 5.75 Å². The minimum atomic E-state index is -0.891. The highest BCUT2D eigenvalue weighted by Gasteiger charge is 2.48. The van der Waals surface area contributed by atoms with Gasteiger partial charge in [-0.25, -0.2) is 4.79 Å². The molecule has 1 aromatic carbocycles. The van der Waals surface area contributed by atoms with Gasteiger partial charge in [0.05, 0.1) is 17.7 Å². The Morgan fingerprint density at radius 3 is 2.62 bits per heavy atom. The molecule has 26 heavy (non-hydrogen) atoms. The number of carbonyl (C=O) groups is 2. The van der Waals surface area contributed by atoms with E-state index in [1.807, 2.05) is 6.07 Å². The molecule has 0 unspecified atom stereocenters. The number of rotatable bonds is 3. The van der Waals surface area contributed by atoms with Gasteiger partial charge < -0.3 is 19.5 Å². The molecule has 1 aromatic rings. The molecular formula is C20H23NO5. The van der Waals surface area contributed by atoms with Gasteiger partial charge in [0.2, 0.25) is 0 Å². The summed E-state index contributed by atoms with van der Waals surface area (Å²) < 4.78 is 11.6. The van der Waals surface area contributed by atoms with Crippen LogP contribution in [0.3, 0.4) is 0 Å². The minimum absolute atomic E-state index is 0.0101. The van der Waals surface area contributed by atoms with Crippen LogP contribution in [-0.2, 0) is 9.53 Å². The van der Waals surface area contributed by atoms with Crippen molar-refractivity contribution >= 4 is 17.6 Å². The van der Waals surface area contributed by atoms with Crippen molar-refractivity contribution in [3.05, 3.63) is 35.4 Å². The number of para-hydroxylation sites is 1. The van der Waals surface area contributed by atoms with E-state index in [1.165, 1.54) is 6.92 Å². The van der Waals surface area contributed by atoms with Gasteiger partial charge in [0.15, 0.2) is 5.78 Å². The molecule has 3 aliphatic rings. The zero-order valence-electron chi connectivity index (χ0n) is 14.9. The largest absolute Gasteiger partial charge is 0.507 e. The zero-order chi connectivity index (χ0) is 18.3.